The van der Waals surface area contributed by atoms with Gasteiger partial charge in [-0.05, 0) is 12.0 Å². The molecule has 1 aromatic heterocycles. The highest BCUT2D eigenvalue weighted by Gasteiger charge is 2.45. The van der Waals surface area contributed by atoms with Crippen LogP contribution in [0.1, 0.15) is 17.5 Å². The molecule has 2 aliphatic heterocycles. The quantitative estimate of drug-likeness (QED) is 0.452. The summed E-state index contributed by atoms with van der Waals surface area (Å²) in [5, 5.41) is 47.4. The van der Waals surface area contributed by atoms with E-state index in [9.17, 15) is 25.2 Å². The standard InChI is InChI=1S/C19H24N4O7/c24-9-14-15(25)16(26)17(27)18(30-14)23-8-12(20-21-23)7-22-13(10-29-19(22)28)6-11-4-2-1-3-5-11/h1-5,8,13-18,24-27H,6-7,9-10H2/t13-,14-,15-,16+,17+,18+/m1/s1. The van der Waals surface area contributed by atoms with Crippen LogP contribution in [0.2, 0.25) is 0 Å². The Hall–Kier alpha value is -2.57. The predicted octanol–water partition coefficient (Wildman–Crippen LogP) is -1.19. The normalized spacial score (nSPS) is 31.7. The van der Waals surface area contributed by atoms with Gasteiger partial charge in [0.1, 0.15) is 36.7 Å². The number of ether oxygens (including phenoxy) is 2. The van der Waals surface area contributed by atoms with Gasteiger partial charge in [0, 0.05) is 0 Å². The van der Waals surface area contributed by atoms with E-state index in [0.717, 1.165) is 5.56 Å². The third-order valence-corrected chi connectivity index (χ3v) is 5.41. The smallest absolute Gasteiger partial charge is 0.410 e. The molecule has 4 N–H and O–H groups in total. The van der Waals surface area contributed by atoms with Gasteiger partial charge in [-0.25, -0.2) is 9.48 Å². The maximum atomic E-state index is 12.2. The van der Waals surface area contributed by atoms with Crippen molar-refractivity contribution in [1.29, 1.82) is 0 Å². The van der Waals surface area contributed by atoms with Crippen LogP contribution < -0.4 is 0 Å². The Bertz CT molecular complexity index is 862. The van der Waals surface area contributed by atoms with Gasteiger partial charge < -0.3 is 29.9 Å². The molecule has 1 amide bonds. The Labute approximate surface area is 172 Å². The van der Waals surface area contributed by atoms with Gasteiger partial charge in [-0.3, -0.25) is 4.90 Å². The van der Waals surface area contributed by atoms with Gasteiger partial charge in [-0.15, -0.1) is 5.10 Å². The first-order valence-corrected chi connectivity index (χ1v) is 9.66. The van der Waals surface area contributed by atoms with E-state index >= 15 is 0 Å². The van der Waals surface area contributed by atoms with E-state index in [1.807, 2.05) is 30.3 Å². The van der Waals surface area contributed by atoms with Crippen molar-refractivity contribution in [1.82, 2.24) is 19.9 Å². The number of benzene rings is 1. The Morgan fingerprint density at radius 3 is 2.60 bits per heavy atom. The Morgan fingerprint density at radius 2 is 1.87 bits per heavy atom. The van der Waals surface area contributed by atoms with Crippen LogP contribution in [0, 0.1) is 0 Å². The van der Waals surface area contributed by atoms with Crippen LogP contribution >= 0.6 is 0 Å². The van der Waals surface area contributed by atoms with Crippen molar-refractivity contribution >= 4 is 6.09 Å². The highest BCUT2D eigenvalue weighted by atomic mass is 16.6. The van der Waals surface area contributed by atoms with E-state index in [1.54, 1.807) is 4.90 Å². The van der Waals surface area contributed by atoms with E-state index in [-0.39, 0.29) is 19.2 Å². The summed E-state index contributed by atoms with van der Waals surface area (Å²) in [6.45, 7) is -0.119. The number of hydrogen-bond donors (Lipinski definition) is 4. The SMILES string of the molecule is O=C1OC[C@@H](Cc2ccccc2)N1Cc1cn([C@H]2O[C@H](CO)[C@@H](O)[C@H](O)[C@@H]2O)nn1. The van der Waals surface area contributed by atoms with Crippen molar-refractivity contribution in [2.75, 3.05) is 13.2 Å². The molecule has 11 nitrogen and oxygen atoms in total. The van der Waals surface area contributed by atoms with Crippen molar-refractivity contribution in [2.45, 2.75) is 49.7 Å². The molecule has 4 rings (SSSR count). The van der Waals surface area contributed by atoms with E-state index in [0.29, 0.717) is 12.1 Å². The van der Waals surface area contributed by atoms with Crippen molar-refractivity contribution in [3.8, 4) is 0 Å². The molecule has 0 radical (unpaired) electrons. The number of cyclic esters (lactones) is 1. The zero-order valence-corrected chi connectivity index (χ0v) is 16.1. The number of aromatic nitrogens is 3. The molecule has 30 heavy (non-hydrogen) atoms. The second-order valence-electron chi connectivity index (χ2n) is 7.46. The third-order valence-electron chi connectivity index (χ3n) is 5.41. The predicted molar refractivity (Wildman–Crippen MR) is 99.9 cm³/mol. The molecule has 0 unspecified atom stereocenters. The summed E-state index contributed by atoms with van der Waals surface area (Å²) in [4.78, 5) is 13.8. The largest absolute Gasteiger partial charge is 0.447 e. The molecule has 6 atom stereocenters. The summed E-state index contributed by atoms with van der Waals surface area (Å²) in [7, 11) is 0. The number of rotatable bonds is 6. The van der Waals surface area contributed by atoms with Crippen molar-refractivity contribution in [2.24, 2.45) is 0 Å². The minimum Gasteiger partial charge on any atom is -0.447 e. The summed E-state index contributed by atoms with van der Waals surface area (Å²) >= 11 is 0. The fourth-order valence-corrected chi connectivity index (χ4v) is 3.72. The van der Waals surface area contributed by atoms with Crippen LogP contribution in [0.3, 0.4) is 0 Å². The van der Waals surface area contributed by atoms with Gasteiger partial charge in [0.15, 0.2) is 6.23 Å². The van der Waals surface area contributed by atoms with Crippen LogP contribution in [-0.2, 0) is 22.4 Å². The lowest BCUT2D eigenvalue weighted by molar-refractivity contribution is -0.254. The molecule has 2 aliphatic rings. The van der Waals surface area contributed by atoms with Crippen LogP contribution in [0.5, 0.6) is 0 Å². The first-order valence-electron chi connectivity index (χ1n) is 9.66. The molecule has 2 saturated heterocycles. The Kier molecular flexibility index (Phi) is 5.97. The van der Waals surface area contributed by atoms with Crippen LogP contribution in [0.25, 0.3) is 0 Å². The number of nitrogens with zero attached hydrogens (tertiary/aromatic N) is 4. The molecule has 0 bridgehead atoms. The molecule has 1 aromatic carbocycles. The fourth-order valence-electron chi connectivity index (χ4n) is 3.72. The number of aliphatic hydroxyl groups is 4. The number of amides is 1. The molecule has 162 valence electrons. The van der Waals surface area contributed by atoms with Crippen LogP contribution in [0.4, 0.5) is 4.79 Å². The lowest BCUT2D eigenvalue weighted by Crippen LogP contribution is -2.56. The highest BCUT2D eigenvalue weighted by Crippen LogP contribution is 2.28. The summed E-state index contributed by atoms with van der Waals surface area (Å²) in [5.41, 5.74) is 1.51. The number of carbonyl (C=O) groups is 1. The van der Waals surface area contributed by atoms with E-state index < -0.39 is 43.3 Å². The Balaban J connectivity index is 1.46. The maximum absolute atomic E-state index is 12.2. The molecule has 0 spiro atoms. The monoisotopic (exact) mass is 420 g/mol. The summed E-state index contributed by atoms with van der Waals surface area (Å²) < 4.78 is 11.9. The van der Waals surface area contributed by atoms with Gasteiger partial charge in [0.2, 0.25) is 0 Å². The lowest BCUT2D eigenvalue weighted by atomic mass is 9.98. The lowest BCUT2D eigenvalue weighted by Gasteiger charge is -2.39. The topological polar surface area (TPSA) is 150 Å². The molecule has 0 saturated carbocycles. The van der Waals surface area contributed by atoms with Crippen molar-refractivity contribution in [3.63, 3.8) is 0 Å². The number of hydrogen-bond acceptors (Lipinski definition) is 9. The summed E-state index contributed by atoms with van der Waals surface area (Å²) in [6, 6.07) is 9.60. The molecular weight excluding hydrogens is 396 g/mol. The second-order valence-corrected chi connectivity index (χ2v) is 7.46. The van der Waals surface area contributed by atoms with Gasteiger partial charge in [0.05, 0.1) is 25.4 Å². The van der Waals surface area contributed by atoms with Gasteiger partial charge in [0.25, 0.3) is 0 Å². The third kappa shape index (κ3) is 4.02. The van der Waals surface area contributed by atoms with Crippen molar-refractivity contribution < 1.29 is 34.7 Å². The fraction of sp³-hybridized carbons (Fsp3) is 0.526. The van der Waals surface area contributed by atoms with Gasteiger partial charge in [-0.2, -0.15) is 0 Å². The highest BCUT2D eigenvalue weighted by molar-refractivity contribution is 5.70. The van der Waals surface area contributed by atoms with Crippen LogP contribution in [-0.4, -0.2) is 90.1 Å². The van der Waals surface area contributed by atoms with Crippen LogP contribution in [0.15, 0.2) is 36.5 Å². The minimum absolute atomic E-state index is 0.147. The molecule has 11 heteroatoms. The number of aliphatic hydroxyl groups excluding tert-OH is 4. The molecule has 2 fully saturated rings. The van der Waals surface area contributed by atoms with Gasteiger partial charge in [-0.1, -0.05) is 35.5 Å². The summed E-state index contributed by atoms with van der Waals surface area (Å²) in [5.74, 6) is 0. The first kappa shape index (κ1) is 20.7. The maximum Gasteiger partial charge on any atom is 0.410 e. The van der Waals surface area contributed by atoms with E-state index in [2.05, 4.69) is 10.3 Å². The number of carbonyl (C=O) groups excluding carboxylic acids is 1. The average molecular weight is 420 g/mol. The van der Waals surface area contributed by atoms with E-state index in [1.165, 1.54) is 10.9 Å². The zero-order chi connectivity index (χ0) is 21.3. The van der Waals surface area contributed by atoms with E-state index in [4.69, 9.17) is 9.47 Å². The summed E-state index contributed by atoms with van der Waals surface area (Å²) in [6.07, 6.45) is -4.97. The zero-order valence-electron chi connectivity index (χ0n) is 16.1. The molecule has 2 aromatic rings. The first-order chi connectivity index (χ1) is 14.5. The average Bonchev–Trinajstić information content (AvgIpc) is 3.35. The molecule has 3 heterocycles. The second kappa shape index (κ2) is 8.66. The Morgan fingerprint density at radius 1 is 1.10 bits per heavy atom. The van der Waals surface area contributed by atoms with Gasteiger partial charge >= 0.3 is 6.09 Å². The van der Waals surface area contributed by atoms with Crippen molar-refractivity contribution in [3.05, 3.63) is 47.8 Å². The minimum atomic E-state index is -1.52. The molecular formula is C19H24N4O7. The molecule has 0 aliphatic carbocycles.